The number of halogens is 2. The second-order valence-corrected chi connectivity index (χ2v) is 6.49. The molecule has 1 aromatic carbocycles. The van der Waals surface area contributed by atoms with Crippen molar-refractivity contribution in [2.45, 2.75) is 38.3 Å². The van der Waals surface area contributed by atoms with Crippen LogP contribution in [0.2, 0.25) is 5.02 Å². The molecule has 0 amide bonds. The van der Waals surface area contributed by atoms with Crippen molar-refractivity contribution in [1.29, 1.82) is 0 Å². The van der Waals surface area contributed by atoms with Gasteiger partial charge in [-0.1, -0.05) is 37.6 Å². The van der Waals surface area contributed by atoms with Crippen LogP contribution < -0.4 is 5.32 Å². The van der Waals surface area contributed by atoms with Crippen LogP contribution in [0.4, 0.5) is 4.39 Å². The van der Waals surface area contributed by atoms with Crippen LogP contribution in [0, 0.1) is 11.7 Å². The standard InChI is InChI=1S/C16H23ClFNO2/c1-11(2)15(12-4-3-5-13(17)14(12)18)19-10-16(20)6-8-21-9-7-16/h3-5,11,15,19-20H,6-10H2,1-2H3. The molecule has 0 aromatic heterocycles. The summed E-state index contributed by atoms with van der Waals surface area (Å²) in [7, 11) is 0. The van der Waals surface area contributed by atoms with Gasteiger partial charge in [-0.3, -0.25) is 0 Å². The minimum atomic E-state index is -0.777. The van der Waals surface area contributed by atoms with E-state index in [1.54, 1.807) is 18.2 Å². The molecule has 5 heteroatoms. The van der Waals surface area contributed by atoms with Gasteiger partial charge in [-0.15, -0.1) is 0 Å². The molecule has 0 saturated carbocycles. The van der Waals surface area contributed by atoms with Crippen LogP contribution in [0.3, 0.4) is 0 Å². The van der Waals surface area contributed by atoms with Crippen molar-refractivity contribution in [1.82, 2.24) is 5.32 Å². The number of aliphatic hydroxyl groups is 1. The first-order valence-corrected chi connectivity index (χ1v) is 7.78. The summed E-state index contributed by atoms with van der Waals surface area (Å²) in [6.45, 7) is 5.59. The van der Waals surface area contributed by atoms with E-state index >= 15 is 0 Å². The Balaban J connectivity index is 2.11. The Bertz CT molecular complexity index is 475. The van der Waals surface area contributed by atoms with Crippen LogP contribution >= 0.6 is 11.6 Å². The number of hydrogen-bond acceptors (Lipinski definition) is 3. The van der Waals surface area contributed by atoms with Crippen molar-refractivity contribution < 1.29 is 14.2 Å². The van der Waals surface area contributed by atoms with Gasteiger partial charge in [0.15, 0.2) is 0 Å². The van der Waals surface area contributed by atoms with Crippen molar-refractivity contribution in [2.75, 3.05) is 19.8 Å². The Labute approximate surface area is 130 Å². The van der Waals surface area contributed by atoms with Gasteiger partial charge in [0.2, 0.25) is 0 Å². The number of hydrogen-bond donors (Lipinski definition) is 2. The zero-order chi connectivity index (χ0) is 15.5. The highest BCUT2D eigenvalue weighted by atomic mass is 35.5. The fourth-order valence-electron chi connectivity index (χ4n) is 2.69. The van der Waals surface area contributed by atoms with Gasteiger partial charge in [-0.2, -0.15) is 0 Å². The van der Waals surface area contributed by atoms with Gasteiger partial charge in [0, 0.05) is 44.2 Å². The maximum absolute atomic E-state index is 14.2. The summed E-state index contributed by atoms with van der Waals surface area (Å²) in [6, 6.07) is 4.85. The maximum atomic E-state index is 14.2. The Kier molecular flexibility index (Phi) is 5.60. The van der Waals surface area contributed by atoms with E-state index < -0.39 is 5.60 Å². The monoisotopic (exact) mass is 315 g/mol. The highest BCUT2D eigenvalue weighted by Crippen LogP contribution is 2.29. The third kappa shape index (κ3) is 4.16. The molecule has 1 fully saturated rings. The molecule has 118 valence electrons. The van der Waals surface area contributed by atoms with Crippen LogP contribution in [0.25, 0.3) is 0 Å². The molecular formula is C16H23ClFNO2. The van der Waals surface area contributed by atoms with Crippen LogP contribution in [-0.4, -0.2) is 30.5 Å². The fraction of sp³-hybridized carbons (Fsp3) is 0.625. The van der Waals surface area contributed by atoms with Crippen molar-refractivity contribution in [3.8, 4) is 0 Å². The Morgan fingerprint density at radius 3 is 2.67 bits per heavy atom. The number of rotatable bonds is 5. The zero-order valence-corrected chi connectivity index (χ0v) is 13.3. The average molecular weight is 316 g/mol. The van der Waals surface area contributed by atoms with Gasteiger partial charge >= 0.3 is 0 Å². The lowest BCUT2D eigenvalue weighted by Crippen LogP contribution is -2.46. The quantitative estimate of drug-likeness (QED) is 0.876. The Morgan fingerprint density at radius 2 is 2.05 bits per heavy atom. The third-order valence-corrected chi connectivity index (χ3v) is 4.35. The van der Waals surface area contributed by atoms with E-state index in [0.717, 1.165) is 0 Å². The molecule has 1 atom stereocenters. The van der Waals surface area contributed by atoms with Crippen LogP contribution in [0.1, 0.15) is 38.3 Å². The lowest BCUT2D eigenvalue weighted by molar-refractivity contribution is -0.0634. The molecule has 2 N–H and O–H groups in total. The lowest BCUT2D eigenvalue weighted by Gasteiger charge is -2.35. The molecule has 3 nitrogen and oxygen atoms in total. The van der Waals surface area contributed by atoms with Crippen molar-refractivity contribution in [2.24, 2.45) is 5.92 Å². The molecule has 0 spiro atoms. The Hall–Kier alpha value is -0.680. The molecule has 0 aliphatic carbocycles. The third-order valence-electron chi connectivity index (χ3n) is 4.06. The maximum Gasteiger partial charge on any atom is 0.146 e. The predicted molar refractivity (Wildman–Crippen MR) is 82.0 cm³/mol. The molecule has 0 radical (unpaired) electrons. The van der Waals surface area contributed by atoms with E-state index in [9.17, 15) is 9.50 Å². The molecule has 21 heavy (non-hydrogen) atoms. The van der Waals surface area contributed by atoms with E-state index in [0.29, 0.717) is 38.2 Å². The number of nitrogens with one attached hydrogen (secondary N) is 1. The Morgan fingerprint density at radius 1 is 1.38 bits per heavy atom. The second-order valence-electron chi connectivity index (χ2n) is 6.08. The summed E-state index contributed by atoms with van der Waals surface area (Å²) >= 11 is 5.87. The highest BCUT2D eigenvalue weighted by Gasteiger charge is 2.31. The minimum absolute atomic E-state index is 0.129. The first-order chi connectivity index (χ1) is 9.93. The van der Waals surface area contributed by atoms with Gasteiger partial charge in [0.05, 0.1) is 10.6 Å². The largest absolute Gasteiger partial charge is 0.388 e. The van der Waals surface area contributed by atoms with Crippen molar-refractivity contribution >= 4 is 11.6 Å². The van der Waals surface area contributed by atoms with Crippen LogP contribution in [0.5, 0.6) is 0 Å². The van der Waals surface area contributed by atoms with Gasteiger partial charge in [0.25, 0.3) is 0 Å². The first kappa shape index (κ1) is 16.7. The highest BCUT2D eigenvalue weighted by molar-refractivity contribution is 6.30. The van der Waals surface area contributed by atoms with Gasteiger partial charge < -0.3 is 15.2 Å². The summed E-state index contributed by atoms with van der Waals surface area (Å²) in [4.78, 5) is 0. The topological polar surface area (TPSA) is 41.5 Å². The number of benzene rings is 1. The van der Waals surface area contributed by atoms with Crippen molar-refractivity contribution in [3.05, 3.63) is 34.6 Å². The molecule has 1 heterocycles. The summed E-state index contributed by atoms with van der Waals surface area (Å²) in [5, 5.41) is 13.9. The smallest absolute Gasteiger partial charge is 0.146 e. The average Bonchev–Trinajstić information content (AvgIpc) is 2.44. The molecule has 1 aliphatic heterocycles. The molecule has 1 saturated heterocycles. The normalized spacial score (nSPS) is 19.7. The zero-order valence-electron chi connectivity index (χ0n) is 12.5. The molecule has 2 rings (SSSR count). The minimum Gasteiger partial charge on any atom is -0.388 e. The molecule has 1 aromatic rings. The summed E-state index contributed by atoms with van der Waals surface area (Å²) in [6.07, 6.45) is 1.20. The van der Waals surface area contributed by atoms with E-state index in [1.165, 1.54) is 0 Å². The van der Waals surface area contributed by atoms with Crippen molar-refractivity contribution in [3.63, 3.8) is 0 Å². The molecular weight excluding hydrogens is 293 g/mol. The first-order valence-electron chi connectivity index (χ1n) is 7.40. The molecule has 1 unspecified atom stereocenters. The predicted octanol–water partition coefficient (Wildman–Crippen LogP) is 3.31. The van der Waals surface area contributed by atoms with E-state index in [-0.39, 0.29) is 22.8 Å². The molecule has 0 bridgehead atoms. The van der Waals surface area contributed by atoms with Crippen LogP contribution in [0.15, 0.2) is 18.2 Å². The van der Waals surface area contributed by atoms with E-state index in [1.807, 2.05) is 13.8 Å². The van der Waals surface area contributed by atoms with E-state index in [4.69, 9.17) is 16.3 Å². The van der Waals surface area contributed by atoms with Gasteiger partial charge in [-0.25, -0.2) is 4.39 Å². The summed E-state index contributed by atoms with van der Waals surface area (Å²) in [5.74, 6) is -0.203. The van der Waals surface area contributed by atoms with E-state index in [2.05, 4.69) is 5.32 Å². The second kappa shape index (κ2) is 7.05. The van der Waals surface area contributed by atoms with Gasteiger partial charge in [-0.05, 0) is 12.0 Å². The summed E-state index contributed by atoms with van der Waals surface area (Å²) in [5.41, 5.74) is -0.228. The molecule has 1 aliphatic rings. The number of ether oxygens (including phenoxy) is 1. The summed E-state index contributed by atoms with van der Waals surface area (Å²) < 4.78 is 19.5. The lowest BCUT2D eigenvalue weighted by atomic mass is 9.91. The fourth-order valence-corrected chi connectivity index (χ4v) is 2.88. The SMILES string of the molecule is CC(C)C(NCC1(O)CCOCC1)c1cccc(Cl)c1F. The van der Waals surface area contributed by atoms with Crippen LogP contribution in [-0.2, 0) is 4.74 Å². The van der Waals surface area contributed by atoms with Gasteiger partial charge in [0.1, 0.15) is 5.82 Å².